The number of ether oxygens (including phenoxy) is 3. The molecule has 2 aliphatic carbocycles. The molecule has 0 heterocycles. The average molecular weight is 473 g/mol. The number of rotatable bonds is 12. The van der Waals surface area contributed by atoms with Gasteiger partial charge in [-0.05, 0) is 86.8 Å². The molecule has 6 heteroatoms. The molecule has 0 amide bonds. The summed E-state index contributed by atoms with van der Waals surface area (Å²) in [7, 11) is 0. The number of benzene rings is 1. The molecular weight excluding hydrogens is 432 g/mol. The molecule has 188 valence electrons. The lowest BCUT2D eigenvalue weighted by molar-refractivity contribution is -0.149. The molecule has 1 fully saturated rings. The van der Waals surface area contributed by atoms with Crippen molar-refractivity contribution >= 4 is 17.7 Å². The van der Waals surface area contributed by atoms with Crippen molar-refractivity contribution in [2.45, 2.75) is 97.7 Å². The van der Waals surface area contributed by atoms with E-state index in [2.05, 4.69) is 13.0 Å². The monoisotopic (exact) mass is 472 g/mol. The molecule has 1 saturated carbocycles. The second kappa shape index (κ2) is 12.4. The summed E-state index contributed by atoms with van der Waals surface area (Å²) in [6, 6.07) is 6.08. The van der Waals surface area contributed by atoms with Gasteiger partial charge >= 0.3 is 11.9 Å². The highest BCUT2D eigenvalue weighted by atomic mass is 16.5. The van der Waals surface area contributed by atoms with E-state index < -0.39 is 0 Å². The first-order valence-electron chi connectivity index (χ1n) is 12.9. The van der Waals surface area contributed by atoms with E-state index in [1.165, 1.54) is 31.9 Å². The van der Waals surface area contributed by atoms with Gasteiger partial charge in [-0.15, -0.1) is 0 Å². The predicted octanol–water partition coefficient (Wildman–Crippen LogP) is 5.23. The molecule has 3 rings (SSSR count). The summed E-state index contributed by atoms with van der Waals surface area (Å²) < 4.78 is 17.3. The van der Waals surface area contributed by atoms with Crippen LogP contribution in [-0.2, 0) is 36.7 Å². The van der Waals surface area contributed by atoms with Gasteiger partial charge in [0.15, 0.2) is 5.78 Å². The van der Waals surface area contributed by atoms with Crippen LogP contribution in [0, 0.1) is 17.8 Å². The average Bonchev–Trinajstić information content (AvgIpc) is 3.09. The van der Waals surface area contributed by atoms with Crippen LogP contribution in [0.15, 0.2) is 18.2 Å². The summed E-state index contributed by atoms with van der Waals surface area (Å²) >= 11 is 0. The molecule has 0 N–H and O–H groups in total. The van der Waals surface area contributed by atoms with Gasteiger partial charge in [0.2, 0.25) is 0 Å². The largest absolute Gasteiger partial charge is 0.486 e. The second-order valence-electron chi connectivity index (χ2n) is 10.1. The lowest BCUT2D eigenvalue weighted by Crippen LogP contribution is -2.30. The van der Waals surface area contributed by atoms with Crippen LogP contribution in [0.2, 0.25) is 0 Å². The Morgan fingerprint density at radius 3 is 2.50 bits per heavy atom. The van der Waals surface area contributed by atoms with Crippen LogP contribution in [0.4, 0.5) is 0 Å². The van der Waals surface area contributed by atoms with Crippen LogP contribution >= 0.6 is 0 Å². The number of fused-ring (bicyclic) bond motifs is 2. The SMILES string of the molecule is CCCCC[C@@H](CC[C@@H]1[C@H]2Cc3cccc(OCC(C)=O)c3C[C@H]2C[C@H]1OC(C)=O)OC(C)=O. The molecule has 0 spiro atoms. The Morgan fingerprint density at radius 2 is 1.82 bits per heavy atom. The number of ketones is 1. The highest BCUT2D eigenvalue weighted by Gasteiger charge is 2.47. The highest BCUT2D eigenvalue weighted by Crippen LogP contribution is 2.49. The van der Waals surface area contributed by atoms with Gasteiger partial charge in [-0.3, -0.25) is 14.4 Å². The van der Waals surface area contributed by atoms with Crippen molar-refractivity contribution in [3.8, 4) is 5.75 Å². The molecule has 0 saturated heterocycles. The van der Waals surface area contributed by atoms with Gasteiger partial charge in [-0.1, -0.05) is 31.9 Å². The van der Waals surface area contributed by atoms with Crippen LogP contribution in [-0.4, -0.2) is 36.5 Å². The van der Waals surface area contributed by atoms with Crippen LogP contribution in [0.1, 0.15) is 83.8 Å². The molecule has 0 aliphatic heterocycles. The van der Waals surface area contributed by atoms with Crippen LogP contribution in [0.3, 0.4) is 0 Å². The fraction of sp³-hybridized carbons (Fsp3) is 0.679. The topological polar surface area (TPSA) is 78.9 Å². The second-order valence-corrected chi connectivity index (χ2v) is 10.1. The van der Waals surface area contributed by atoms with Gasteiger partial charge in [0, 0.05) is 13.8 Å². The quantitative estimate of drug-likeness (QED) is 0.306. The van der Waals surface area contributed by atoms with Crippen molar-refractivity contribution in [1.82, 2.24) is 0 Å². The Morgan fingerprint density at radius 1 is 1.03 bits per heavy atom. The van der Waals surface area contributed by atoms with Gasteiger partial charge < -0.3 is 14.2 Å². The standard InChI is InChI=1S/C28H40O6/c1-5-6-7-10-23(33-19(3)30)12-13-24-25-14-21-9-8-11-27(32-17-18(2)29)26(21)15-22(25)16-28(24)34-20(4)31/h8-9,11,22-25,28H,5-7,10,12-17H2,1-4H3/t22-,23-,24+,25-,28+/m0/s1. The molecule has 5 atom stereocenters. The van der Waals surface area contributed by atoms with E-state index in [-0.39, 0.29) is 42.5 Å². The number of hydrogen-bond donors (Lipinski definition) is 0. The number of unbranched alkanes of at least 4 members (excludes halogenated alkanes) is 2. The number of Topliss-reactive ketones (excluding diaryl/α,β-unsaturated/α-hetero) is 1. The van der Waals surface area contributed by atoms with Crippen molar-refractivity contribution in [3.63, 3.8) is 0 Å². The van der Waals surface area contributed by atoms with E-state index in [0.29, 0.717) is 11.8 Å². The summed E-state index contributed by atoms with van der Waals surface area (Å²) in [6.07, 6.45) is 8.28. The highest BCUT2D eigenvalue weighted by molar-refractivity contribution is 5.77. The third kappa shape index (κ3) is 7.07. The Bertz CT molecular complexity index is 862. The molecule has 34 heavy (non-hydrogen) atoms. The van der Waals surface area contributed by atoms with Gasteiger partial charge in [0.1, 0.15) is 24.6 Å². The normalized spacial score (nSPS) is 24.0. The minimum atomic E-state index is -0.240. The minimum absolute atomic E-state index is 0.00316. The Hall–Kier alpha value is -2.37. The van der Waals surface area contributed by atoms with E-state index in [1.807, 2.05) is 12.1 Å². The van der Waals surface area contributed by atoms with Gasteiger partial charge in [-0.25, -0.2) is 0 Å². The fourth-order valence-corrected chi connectivity index (χ4v) is 5.94. The fourth-order valence-electron chi connectivity index (χ4n) is 5.94. The number of carbonyl (C=O) groups is 3. The summed E-state index contributed by atoms with van der Waals surface area (Å²) in [5.74, 6) is 1.38. The molecule has 2 aliphatic rings. The van der Waals surface area contributed by atoms with E-state index >= 15 is 0 Å². The maximum absolute atomic E-state index is 11.9. The third-order valence-electron chi connectivity index (χ3n) is 7.35. The smallest absolute Gasteiger partial charge is 0.302 e. The summed E-state index contributed by atoms with van der Waals surface area (Å²) in [6.45, 7) is 6.74. The van der Waals surface area contributed by atoms with Gasteiger partial charge in [-0.2, -0.15) is 0 Å². The molecule has 6 nitrogen and oxygen atoms in total. The van der Waals surface area contributed by atoms with E-state index in [0.717, 1.165) is 63.5 Å². The van der Waals surface area contributed by atoms with Gasteiger partial charge in [0.25, 0.3) is 0 Å². The van der Waals surface area contributed by atoms with E-state index in [1.54, 1.807) is 0 Å². The van der Waals surface area contributed by atoms with Crippen LogP contribution < -0.4 is 4.74 Å². The first kappa shape index (κ1) is 26.2. The predicted molar refractivity (Wildman–Crippen MR) is 130 cm³/mol. The lowest BCUT2D eigenvalue weighted by atomic mass is 9.73. The summed E-state index contributed by atoms with van der Waals surface area (Å²) in [5, 5.41) is 0. The molecular formula is C28H40O6. The number of hydrogen-bond acceptors (Lipinski definition) is 6. The molecule has 0 bridgehead atoms. The summed E-state index contributed by atoms with van der Waals surface area (Å²) in [5.41, 5.74) is 2.44. The first-order chi connectivity index (χ1) is 16.3. The first-order valence-corrected chi connectivity index (χ1v) is 12.9. The third-order valence-corrected chi connectivity index (χ3v) is 7.35. The number of esters is 2. The Balaban J connectivity index is 1.74. The van der Waals surface area contributed by atoms with Crippen molar-refractivity contribution in [3.05, 3.63) is 29.3 Å². The maximum Gasteiger partial charge on any atom is 0.302 e. The Kier molecular flexibility index (Phi) is 9.54. The zero-order valence-corrected chi connectivity index (χ0v) is 21.1. The summed E-state index contributed by atoms with van der Waals surface area (Å²) in [4.78, 5) is 35.0. The van der Waals surface area contributed by atoms with E-state index in [4.69, 9.17) is 14.2 Å². The zero-order chi connectivity index (χ0) is 24.7. The lowest BCUT2D eigenvalue weighted by Gasteiger charge is -2.33. The minimum Gasteiger partial charge on any atom is -0.486 e. The van der Waals surface area contributed by atoms with Crippen LogP contribution in [0.5, 0.6) is 5.75 Å². The van der Waals surface area contributed by atoms with Crippen molar-refractivity contribution in [2.24, 2.45) is 17.8 Å². The van der Waals surface area contributed by atoms with E-state index in [9.17, 15) is 14.4 Å². The molecule has 0 radical (unpaired) electrons. The molecule has 1 aromatic rings. The van der Waals surface area contributed by atoms with Crippen molar-refractivity contribution in [1.29, 1.82) is 0 Å². The molecule has 0 aromatic heterocycles. The van der Waals surface area contributed by atoms with Crippen molar-refractivity contribution < 1.29 is 28.6 Å². The molecule has 1 aromatic carbocycles. The zero-order valence-electron chi connectivity index (χ0n) is 21.1. The maximum atomic E-state index is 11.9. The van der Waals surface area contributed by atoms with Gasteiger partial charge in [0.05, 0.1) is 0 Å². The number of carbonyl (C=O) groups excluding carboxylic acids is 3. The van der Waals surface area contributed by atoms with Crippen molar-refractivity contribution in [2.75, 3.05) is 6.61 Å². The van der Waals surface area contributed by atoms with Crippen LogP contribution in [0.25, 0.3) is 0 Å². The molecule has 0 unspecified atom stereocenters. The Labute approximate surface area is 203 Å².